The highest BCUT2D eigenvalue weighted by Gasteiger charge is 2.18. The molecular weight excluding hydrogens is 268 g/mol. The number of likely N-dealkylation sites (tertiary alicyclic amines) is 1. The number of rotatable bonds is 6. The summed E-state index contributed by atoms with van der Waals surface area (Å²) in [6.07, 6.45) is 5.02. The number of piperidine rings is 1. The molecular formula is C12H23BrN2O. The molecule has 94 valence electrons. The van der Waals surface area contributed by atoms with Gasteiger partial charge in [0.2, 0.25) is 5.91 Å². The van der Waals surface area contributed by atoms with Crippen LogP contribution in [0.3, 0.4) is 0 Å². The van der Waals surface area contributed by atoms with Crippen molar-refractivity contribution in [3.8, 4) is 0 Å². The molecule has 3 nitrogen and oxygen atoms in total. The molecule has 1 fully saturated rings. The second-order valence-electron chi connectivity index (χ2n) is 4.62. The quantitative estimate of drug-likeness (QED) is 0.600. The van der Waals surface area contributed by atoms with E-state index in [1.807, 2.05) is 0 Å². The van der Waals surface area contributed by atoms with E-state index in [0.29, 0.717) is 5.92 Å². The fourth-order valence-electron chi connectivity index (χ4n) is 2.13. The van der Waals surface area contributed by atoms with E-state index < -0.39 is 0 Å². The molecule has 0 aromatic heterocycles. The van der Waals surface area contributed by atoms with Gasteiger partial charge in [0.15, 0.2) is 0 Å². The van der Waals surface area contributed by atoms with Crippen LogP contribution in [-0.4, -0.2) is 42.3 Å². The van der Waals surface area contributed by atoms with Crippen molar-refractivity contribution in [2.75, 3.05) is 31.5 Å². The van der Waals surface area contributed by atoms with Crippen molar-refractivity contribution >= 4 is 21.8 Å². The van der Waals surface area contributed by atoms with Crippen molar-refractivity contribution in [2.45, 2.75) is 32.6 Å². The average Bonchev–Trinajstić information content (AvgIpc) is 2.28. The van der Waals surface area contributed by atoms with Crippen LogP contribution >= 0.6 is 15.9 Å². The third kappa shape index (κ3) is 5.85. The van der Waals surface area contributed by atoms with Gasteiger partial charge in [0.05, 0.1) is 0 Å². The van der Waals surface area contributed by atoms with Crippen molar-refractivity contribution in [1.82, 2.24) is 10.2 Å². The summed E-state index contributed by atoms with van der Waals surface area (Å²) < 4.78 is 0. The largest absolute Gasteiger partial charge is 0.356 e. The van der Waals surface area contributed by atoms with E-state index in [2.05, 4.69) is 26.1 Å². The van der Waals surface area contributed by atoms with Gasteiger partial charge in [-0.3, -0.25) is 4.79 Å². The third-order valence-corrected chi connectivity index (χ3v) is 3.77. The smallest absolute Gasteiger partial charge is 0.216 e. The van der Waals surface area contributed by atoms with Gasteiger partial charge in [-0.05, 0) is 51.2 Å². The molecule has 0 bridgehead atoms. The van der Waals surface area contributed by atoms with Gasteiger partial charge in [0.1, 0.15) is 0 Å². The molecule has 1 amide bonds. The van der Waals surface area contributed by atoms with Crippen molar-refractivity contribution in [1.29, 1.82) is 0 Å². The van der Waals surface area contributed by atoms with E-state index in [4.69, 9.17) is 0 Å². The summed E-state index contributed by atoms with van der Waals surface area (Å²) in [5.74, 6) is 0.788. The molecule has 0 aliphatic carbocycles. The minimum absolute atomic E-state index is 0.0970. The van der Waals surface area contributed by atoms with Crippen LogP contribution in [0, 0.1) is 5.92 Å². The van der Waals surface area contributed by atoms with Crippen molar-refractivity contribution in [3.63, 3.8) is 0 Å². The SMILES string of the molecule is CC(=O)NCC1CCN(CCCCBr)CC1. The van der Waals surface area contributed by atoms with Gasteiger partial charge >= 0.3 is 0 Å². The Morgan fingerprint density at radius 2 is 2.06 bits per heavy atom. The average molecular weight is 291 g/mol. The van der Waals surface area contributed by atoms with Crippen molar-refractivity contribution in [2.24, 2.45) is 5.92 Å². The molecule has 16 heavy (non-hydrogen) atoms. The summed E-state index contributed by atoms with van der Waals surface area (Å²) in [5.41, 5.74) is 0. The van der Waals surface area contributed by atoms with E-state index in [0.717, 1.165) is 11.9 Å². The molecule has 1 N–H and O–H groups in total. The topological polar surface area (TPSA) is 32.3 Å². The highest BCUT2D eigenvalue weighted by Crippen LogP contribution is 2.16. The van der Waals surface area contributed by atoms with E-state index in [1.54, 1.807) is 6.92 Å². The second kappa shape index (κ2) is 8.07. The molecule has 0 unspecified atom stereocenters. The zero-order chi connectivity index (χ0) is 11.8. The lowest BCUT2D eigenvalue weighted by molar-refractivity contribution is -0.119. The van der Waals surface area contributed by atoms with E-state index in [9.17, 15) is 4.79 Å². The summed E-state index contributed by atoms with van der Waals surface area (Å²) in [4.78, 5) is 13.3. The molecule has 0 spiro atoms. The summed E-state index contributed by atoms with van der Waals surface area (Å²) in [6.45, 7) is 6.09. The zero-order valence-corrected chi connectivity index (χ0v) is 11.8. The fourth-order valence-corrected chi connectivity index (χ4v) is 2.53. The van der Waals surface area contributed by atoms with E-state index in [1.165, 1.54) is 45.3 Å². The van der Waals surface area contributed by atoms with Crippen LogP contribution in [0.1, 0.15) is 32.6 Å². The van der Waals surface area contributed by atoms with Crippen LogP contribution in [0.2, 0.25) is 0 Å². The van der Waals surface area contributed by atoms with Gasteiger partial charge in [-0.2, -0.15) is 0 Å². The van der Waals surface area contributed by atoms with Crippen LogP contribution < -0.4 is 5.32 Å². The second-order valence-corrected chi connectivity index (χ2v) is 5.41. The maximum Gasteiger partial charge on any atom is 0.216 e. The predicted molar refractivity (Wildman–Crippen MR) is 70.9 cm³/mol. The van der Waals surface area contributed by atoms with Crippen molar-refractivity contribution in [3.05, 3.63) is 0 Å². The normalized spacial score (nSPS) is 18.6. The summed E-state index contributed by atoms with van der Waals surface area (Å²) in [5, 5.41) is 4.04. The minimum Gasteiger partial charge on any atom is -0.356 e. The van der Waals surface area contributed by atoms with Crippen LogP contribution in [0.5, 0.6) is 0 Å². The Morgan fingerprint density at radius 3 is 2.62 bits per heavy atom. The number of amides is 1. The van der Waals surface area contributed by atoms with E-state index in [-0.39, 0.29) is 5.91 Å². The predicted octanol–water partition coefficient (Wildman–Crippen LogP) is 2.01. The minimum atomic E-state index is 0.0970. The Morgan fingerprint density at radius 1 is 1.38 bits per heavy atom. The molecule has 0 aromatic carbocycles. The van der Waals surface area contributed by atoms with Crippen LogP contribution in [0.4, 0.5) is 0 Å². The number of carbonyl (C=O) groups is 1. The Hall–Kier alpha value is -0.0900. The highest BCUT2D eigenvalue weighted by atomic mass is 79.9. The first-order valence-electron chi connectivity index (χ1n) is 6.25. The molecule has 0 aromatic rings. The lowest BCUT2D eigenvalue weighted by Gasteiger charge is -2.31. The molecule has 1 saturated heterocycles. The number of hydrogen-bond donors (Lipinski definition) is 1. The van der Waals surface area contributed by atoms with Gasteiger partial charge in [-0.25, -0.2) is 0 Å². The van der Waals surface area contributed by atoms with Gasteiger partial charge in [0.25, 0.3) is 0 Å². The van der Waals surface area contributed by atoms with Gasteiger partial charge in [0, 0.05) is 18.8 Å². The molecule has 4 heteroatoms. The number of halogens is 1. The van der Waals surface area contributed by atoms with Crippen molar-refractivity contribution < 1.29 is 4.79 Å². The Labute approximate surface area is 107 Å². The van der Waals surface area contributed by atoms with Gasteiger partial charge in [-0.1, -0.05) is 15.9 Å². The van der Waals surface area contributed by atoms with Crippen LogP contribution in [-0.2, 0) is 4.79 Å². The molecule has 1 aliphatic heterocycles. The first-order valence-corrected chi connectivity index (χ1v) is 7.37. The summed E-state index contributed by atoms with van der Waals surface area (Å²) in [7, 11) is 0. The summed E-state index contributed by atoms with van der Waals surface area (Å²) >= 11 is 3.46. The first kappa shape index (κ1) is 14.0. The number of unbranched alkanes of at least 4 members (excludes halogenated alkanes) is 1. The third-order valence-electron chi connectivity index (χ3n) is 3.20. The monoisotopic (exact) mass is 290 g/mol. The highest BCUT2D eigenvalue weighted by molar-refractivity contribution is 9.09. The number of nitrogens with one attached hydrogen (secondary N) is 1. The zero-order valence-electron chi connectivity index (χ0n) is 10.2. The molecule has 1 heterocycles. The Kier molecular flexibility index (Phi) is 7.05. The van der Waals surface area contributed by atoms with Crippen LogP contribution in [0.25, 0.3) is 0 Å². The molecule has 0 atom stereocenters. The standard InChI is InChI=1S/C12H23BrN2O/c1-11(16)14-10-12-4-8-15(9-5-12)7-3-2-6-13/h12H,2-10H2,1H3,(H,14,16). The number of nitrogens with zero attached hydrogens (tertiary/aromatic N) is 1. The first-order chi connectivity index (χ1) is 7.72. The van der Waals surface area contributed by atoms with Gasteiger partial charge < -0.3 is 10.2 Å². The molecule has 0 saturated carbocycles. The van der Waals surface area contributed by atoms with Crippen LogP contribution in [0.15, 0.2) is 0 Å². The molecule has 0 radical (unpaired) electrons. The molecule has 1 aliphatic rings. The summed E-state index contributed by atoms with van der Waals surface area (Å²) in [6, 6.07) is 0. The number of hydrogen-bond acceptors (Lipinski definition) is 2. The lowest BCUT2D eigenvalue weighted by atomic mass is 9.96. The van der Waals surface area contributed by atoms with E-state index >= 15 is 0 Å². The molecule has 1 rings (SSSR count). The fraction of sp³-hybridized carbons (Fsp3) is 0.917. The number of alkyl halides is 1. The Balaban J connectivity index is 2.06. The number of carbonyl (C=O) groups excluding carboxylic acids is 1. The van der Waals surface area contributed by atoms with Gasteiger partial charge in [-0.15, -0.1) is 0 Å². The lowest BCUT2D eigenvalue weighted by Crippen LogP contribution is -2.38. The Bertz CT molecular complexity index is 203. The maximum atomic E-state index is 10.8. The maximum absolute atomic E-state index is 10.8.